The molecule has 2 atom stereocenters. The zero-order valence-electron chi connectivity index (χ0n) is 25.9. The summed E-state index contributed by atoms with van der Waals surface area (Å²) in [5.41, 5.74) is 6.80. The Morgan fingerprint density at radius 3 is 2.64 bits per heavy atom. The summed E-state index contributed by atoms with van der Waals surface area (Å²) in [7, 11) is 0. The van der Waals surface area contributed by atoms with Crippen LogP contribution < -0.4 is 16.2 Å². The van der Waals surface area contributed by atoms with Crippen molar-refractivity contribution in [2.75, 3.05) is 24.2 Å². The number of hydrogen-bond donors (Lipinski definition) is 2. The van der Waals surface area contributed by atoms with E-state index in [0.29, 0.717) is 22.0 Å². The van der Waals surface area contributed by atoms with Gasteiger partial charge in [0.2, 0.25) is 0 Å². The third-order valence-corrected chi connectivity index (χ3v) is 10.3. The largest absolute Gasteiger partial charge is 0.343 e. The lowest BCUT2D eigenvalue weighted by atomic mass is 10.00. The van der Waals surface area contributed by atoms with E-state index < -0.39 is 0 Å². The van der Waals surface area contributed by atoms with Crippen LogP contribution >= 0.6 is 23.4 Å². The van der Waals surface area contributed by atoms with Gasteiger partial charge in [-0.15, -0.1) is 11.8 Å². The quantitative estimate of drug-likeness (QED) is 0.150. The van der Waals surface area contributed by atoms with E-state index in [1.54, 1.807) is 17.8 Å². The van der Waals surface area contributed by atoms with Gasteiger partial charge >= 0.3 is 0 Å². The fourth-order valence-corrected chi connectivity index (χ4v) is 7.36. The van der Waals surface area contributed by atoms with Crippen molar-refractivity contribution in [2.24, 2.45) is 10.9 Å². The molecule has 2 N–H and O–H groups in total. The summed E-state index contributed by atoms with van der Waals surface area (Å²) in [4.78, 5) is 21.1. The fraction of sp³-hybridized carbons (Fsp3) is 0.263. The molecule has 230 valence electrons. The smallest absolute Gasteiger partial charge is 0.260 e. The van der Waals surface area contributed by atoms with Crippen LogP contribution in [0, 0.1) is 5.92 Å². The van der Waals surface area contributed by atoms with Crippen LogP contribution in [0.5, 0.6) is 0 Å². The molecule has 0 aliphatic carbocycles. The number of pyridine rings is 1. The van der Waals surface area contributed by atoms with Crippen LogP contribution in [0.2, 0.25) is 5.02 Å². The Labute approximate surface area is 275 Å². The van der Waals surface area contributed by atoms with Gasteiger partial charge in [0, 0.05) is 50.5 Å². The number of rotatable bonds is 8. The highest BCUT2D eigenvalue weighted by molar-refractivity contribution is 7.99. The zero-order valence-corrected chi connectivity index (χ0v) is 27.4. The molecule has 6 rings (SSSR count). The van der Waals surface area contributed by atoms with Crippen molar-refractivity contribution >= 4 is 52.4 Å². The molecular weight excluding hydrogens is 596 g/mol. The Kier molecular flexibility index (Phi) is 9.74. The van der Waals surface area contributed by atoms with E-state index in [-0.39, 0.29) is 17.5 Å². The lowest BCUT2D eigenvalue weighted by Gasteiger charge is -2.29. The summed E-state index contributed by atoms with van der Waals surface area (Å²) in [6.07, 6.45) is 6.73. The molecule has 3 aromatic carbocycles. The summed E-state index contributed by atoms with van der Waals surface area (Å²) in [5, 5.41) is 7.55. The van der Waals surface area contributed by atoms with Crippen LogP contribution in [0.15, 0.2) is 106 Å². The molecule has 0 fully saturated rings. The van der Waals surface area contributed by atoms with E-state index in [4.69, 9.17) is 16.6 Å². The number of anilines is 1. The minimum Gasteiger partial charge on any atom is -0.343 e. The van der Waals surface area contributed by atoms with E-state index in [0.717, 1.165) is 55.2 Å². The normalized spacial score (nSPS) is 17.3. The molecule has 2 aliphatic rings. The molecule has 1 aromatic heterocycles. The average Bonchev–Trinajstić information content (AvgIpc) is 3.08. The van der Waals surface area contributed by atoms with E-state index in [1.165, 1.54) is 21.6 Å². The lowest BCUT2D eigenvalue weighted by Crippen LogP contribution is -2.31. The first kappa shape index (κ1) is 31.2. The Bertz CT molecular complexity index is 1820. The lowest BCUT2D eigenvalue weighted by molar-refractivity contribution is 0.530. The van der Waals surface area contributed by atoms with Gasteiger partial charge < -0.3 is 10.6 Å². The van der Waals surface area contributed by atoms with Crippen molar-refractivity contribution in [1.82, 2.24) is 9.88 Å². The average molecular weight is 635 g/mol. The third-order valence-electron chi connectivity index (χ3n) is 8.74. The highest BCUT2D eigenvalue weighted by Crippen LogP contribution is 2.38. The Balaban J connectivity index is 1.47. The van der Waals surface area contributed by atoms with Gasteiger partial charge in [0.1, 0.15) is 11.7 Å². The number of amidine groups is 1. The van der Waals surface area contributed by atoms with Gasteiger partial charge in [0.15, 0.2) is 0 Å². The number of halogens is 1. The van der Waals surface area contributed by atoms with Crippen molar-refractivity contribution < 1.29 is 0 Å². The van der Waals surface area contributed by atoms with Gasteiger partial charge in [-0.25, -0.2) is 4.99 Å². The number of benzene rings is 3. The molecule has 0 saturated heterocycles. The summed E-state index contributed by atoms with van der Waals surface area (Å²) in [6, 6.07) is 26.4. The van der Waals surface area contributed by atoms with Gasteiger partial charge in [-0.3, -0.25) is 9.36 Å². The summed E-state index contributed by atoms with van der Waals surface area (Å²) < 4.78 is 1.90. The van der Waals surface area contributed by atoms with Crippen LogP contribution in [0.3, 0.4) is 0 Å². The second-order valence-corrected chi connectivity index (χ2v) is 13.1. The molecule has 0 amide bonds. The van der Waals surface area contributed by atoms with Gasteiger partial charge in [-0.2, -0.15) is 0 Å². The van der Waals surface area contributed by atoms with Crippen molar-refractivity contribution in [2.45, 2.75) is 44.0 Å². The molecule has 4 aromatic rings. The van der Waals surface area contributed by atoms with Crippen LogP contribution in [-0.4, -0.2) is 29.2 Å². The number of nitrogens with one attached hydrogen (secondary N) is 2. The number of hydrogen-bond acceptors (Lipinski definition) is 4. The van der Waals surface area contributed by atoms with Gasteiger partial charge in [-0.1, -0.05) is 92.7 Å². The first-order valence-electron chi connectivity index (χ1n) is 15.7. The van der Waals surface area contributed by atoms with Crippen LogP contribution in [0.25, 0.3) is 22.8 Å². The molecule has 45 heavy (non-hydrogen) atoms. The predicted molar refractivity (Wildman–Crippen MR) is 193 cm³/mol. The molecule has 0 spiro atoms. The van der Waals surface area contributed by atoms with E-state index in [9.17, 15) is 4.79 Å². The van der Waals surface area contributed by atoms with Gasteiger partial charge in [0.05, 0.1) is 6.04 Å². The second kappa shape index (κ2) is 14.1. The third kappa shape index (κ3) is 6.74. The fourth-order valence-electron chi connectivity index (χ4n) is 5.97. The van der Waals surface area contributed by atoms with E-state index in [1.807, 2.05) is 34.9 Å². The first-order chi connectivity index (χ1) is 22.0. The minimum atomic E-state index is -0.0967. The molecule has 5 nitrogen and oxygen atoms in total. The highest BCUT2D eigenvalue weighted by atomic mass is 35.5. The molecule has 0 radical (unpaired) electrons. The maximum Gasteiger partial charge on any atom is 0.260 e. The number of fused-ring (bicyclic) bond motifs is 1. The van der Waals surface area contributed by atoms with Crippen molar-refractivity contribution in [1.29, 1.82) is 0 Å². The Hall–Kier alpha value is -3.84. The number of aromatic nitrogens is 1. The topological polar surface area (TPSA) is 58.4 Å². The van der Waals surface area contributed by atoms with Crippen LogP contribution in [-0.2, 0) is 6.42 Å². The van der Waals surface area contributed by atoms with Crippen molar-refractivity contribution in [3.8, 4) is 11.1 Å². The molecule has 0 saturated carbocycles. The number of nitrogens with zero attached hydrogens (tertiary/aromatic N) is 2. The molecule has 7 heteroatoms. The Morgan fingerprint density at radius 1 is 1.13 bits per heavy atom. The first-order valence-corrected chi connectivity index (χ1v) is 17.1. The SMILES string of the molecule is C=Cc1cc(-c2ccccc2Cl)c(=O)n(C2CSc3ccccc3C2)c1N=C(Nc1ccc(C2=CCNCC2)cc1)C(C)CC. The molecule has 3 heterocycles. The van der Waals surface area contributed by atoms with Crippen LogP contribution in [0.4, 0.5) is 11.5 Å². The van der Waals surface area contributed by atoms with Gasteiger partial charge in [0.25, 0.3) is 5.56 Å². The summed E-state index contributed by atoms with van der Waals surface area (Å²) in [6.45, 7) is 10.4. The predicted octanol–water partition coefficient (Wildman–Crippen LogP) is 9.27. The van der Waals surface area contributed by atoms with E-state index >= 15 is 0 Å². The van der Waals surface area contributed by atoms with Gasteiger partial charge in [-0.05, 0) is 72.8 Å². The summed E-state index contributed by atoms with van der Waals surface area (Å²) >= 11 is 8.43. The van der Waals surface area contributed by atoms with Crippen molar-refractivity contribution in [3.05, 3.63) is 124 Å². The number of thioether (sulfide) groups is 1. The Morgan fingerprint density at radius 2 is 1.91 bits per heavy atom. The molecule has 0 bridgehead atoms. The molecule has 2 aliphatic heterocycles. The number of aliphatic imine (C=N–C) groups is 1. The second-order valence-electron chi connectivity index (χ2n) is 11.7. The maximum absolute atomic E-state index is 14.6. The molecular formula is C38H39ClN4OS. The summed E-state index contributed by atoms with van der Waals surface area (Å²) in [5.74, 6) is 2.33. The minimum absolute atomic E-state index is 0.0898. The van der Waals surface area contributed by atoms with E-state index in [2.05, 4.69) is 85.7 Å². The maximum atomic E-state index is 14.6. The zero-order chi connectivity index (χ0) is 31.3. The van der Waals surface area contributed by atoms with Crippen LogP contribution in [0.1, 0.15) is 49.4 Å². The van der Waals surface area contributed by atoms with Crippen molar-refractivity contribution in [3.63, 3.8) is 0 Å². The molecule has 2 unspecified atom stereocenters. The standard InChI is InChI=1S/C38H39ClN4OS/c1-4-25(3)36(41-30-16-14-27(15-17-30)28-18-20-40-21-19-28)42-37-26(5-2)23-33(32-11-7-8-12-34(32)39)38(44)43(37)31-22-29-10-6-9-13-35(29)45-24-31/h5-18,23,25,31,40H,2,4,19-22,24H2,1,3H3,(H,41,42). The highest BCUT2D eigenvalue weighted by Gasteiger charge is 2.27. The monoisotopic (exact) mass is 634 g/mol.